The molecule has 98 valence electrons. The quantitative estimate of drug-likeness (QED) is 0.622. The largest absolute Gasteiger partial charge is 0.353 e. The maximum Gasteiger partial charge on any atom is 0.238 e. The van der Waals surface area contributed by atoms with Crippen LogP contribution in [0.3, 0.4) is 0 Å². The van der Waals surface area contributed by atoms with Crippen LogP contribution in [0.25, 0.3) is 0 Å². The number of hydrogen-bond acceptors (Lipinski definition) is 3. The van der Waals surface area contributed by atoms with Gasteiger partial charge in [-0.2, -0.15) is 0 Å². The Morgan fingerprint density at radius 2 is 2.00 bits per heavy atom. The van der Waals surface area contributed by atoms with Gasteiger partial charge < -0.3 is 15.5 Å². The van der Waals surface area contributed by atoms with E-state index in [1.165, 1.54) is 0 Å². The van der Waals surface area contributed by atoms with E-state index in [2.05, 4.69) is 10.6 Å². The molecule has 0 bridgehead atoms. The number of carbonyl (C=O) groups excluding carboxylic acids is 2. The minimum Gasteiger partial charge on any atom is -0.353 e. The third kappa shape index (κ3) is 5.68. The van der Waals surface area contributed by atoms with Crippen LogP contribution >= 0.6 is 0 Å². The Bertz CT molecular complexity index is 275. The van der Waals surface area contributed by atoms with Crippen molar-refractivity contribution in [3.8, 4) is 0 Å². The van der Waals surface area contributed by atoms with Crippen LogP contribution in [0.5, 0.6) is 0 Å². The Morgan fingerprint density at radius 1 is 1.35 bits per heavy atom. The first-order valence-electron chi connectivity index (χ1n) is 6.24. The number of likely N-dealkylation sites (N-methyl/N-ethyl adjacent to an activating group) is 1. The zero-order valence-corrected chi connectivity index (χ0v) is 11.0. The highest BCUT2D eigenvalue weighted by molar-refractivity contribution is 5.80. The van der Waals surface area contributed by atoms with E-state index < -0.39 is 0 Å². The van der Waals surface area contributed by atoms with Crippen molar-refractivity contribution < 1.29 is 9.59 Å². The molecule has 2 amide bonds. The van der Waals surface area contributed by atoms with Gasteiger partial charge in [-0.25, -0.2) is 0 Å². The maximum atomic E-state index is 11.5. The van der Waals surface area contributed by atoms with Crippen LogP contribution in [0.2, 0.25) is 0 Å². The first-order chi connectivity index (χ1) is 8.00. The van der Waals surface area contributed by atoms with Crippen LogP contribution in [0.1, 0.15) is 32.6 Å². The number of rotatable bonds is 7. The summed E-state index contributed by atoms with van der Waals surface area (Å²) in [7, 11) is 3.48. The van der Waals surface area contributed by atoms with Gasteiger partial charge in [0.15, 0.2) is 0 Å². The molecule has 0 aromatic carbocycles. The molecule has 0 aromatic heterocycles. The Labute approximate surface area is 103 Å². The van der Waals surface area contributed by atoms with Gasteiger partial charge in [0.1, 0.15) is 0 Å². The predicted molar refractivity (Wildman–Crippen MR) is 66.6 cm³/mol. The number of amides is 2. The average molecular weight is 241 g/mol. The van der Waals surface area contributed by atoms with Crippen LogP contribution in [0, 0.1) is 0 Å². The second kappa shape index (κ2) is 6.59. The van der Waals surface area contributed by atoms with Crippen molar-refractivity contribution in [1.82, 2.24) is 15.5 Å². The highest BCUT2D eigenvalue weighted by atomic mass is 16.2. The summed E-state index contributed by atoms with van der Waals surface area (Å²) < 4.78 is 0. The molecule has 1 fully saturated rings. The highest BCUT2D eigenvalue weighted by Gasteiger charge is 2.22. The summed E-state index contributed by atoms with van der Waals surface area (Å²) in [6.45, 7) is 2.53. The van der Waals surface area contributed by atoms with E-state index >= 15 is 0 Å². The fourth-order valence-corrected chi connectivity index (χ4v) is 1.57. The van der Waals surface area contributed by atoms with Crippen molar-refractivity contribution in [3.05, 3.63) is 0 Å². The normalized spacial score (nSPS) is 16.4. The molecule has 2 N–H and O–H groups in total. The predicted octanol–water partition coefficient (Wildman–Crippen LogP) is 0.112. The van der Waals surface area contributed by atoms with Crippen molar-refractivity contribution in [2.45, 2.75) is 44.7 Å². The van der Waals surface area contributed by atoms with Crippen LogP contribution in [0.15, 0.2) is 0 Å². The summed E-state index contributed by atoms with van der Waals surface area (Å²) in [6.07, 6.45) is 3.55. The minimum atomic E-state index is -0.184. The standard InChI is InChI=1S/C12H23N3O2/c1-9(12(17)15(2)3)13-8-4-5-11(16)14-10-6-7-10/h9-10,13H,4-8H2,1-3H3,(H,14,16). The van der Waals surface area contributed by atoms with E-state index in [0.29, 0.717) is 19.0 Å². The number of carbonyl (C=O) groups is 2. The molecule has 5 heteroatoms. The average Bonchev–Trinajstić information content (AvgIpc) is 3.06. The summed E-state index contributed by atoms with van der Waals surface area (Å²) in [5, 5.41) is 6.06. The van der Waals surface area contributed by atoms with Crippen LogP contribution in [-0.2, 0) is 9.59 Å². The summed E-state index contributed by atoms with van der Waals surface area (Å²) in [4.78, 5) is 24.4. The SMILES string of the molecule is CC(NCCCC(=O)NC1CC1)C(=O)N(C)C. The molecular formula is C12H23N3O2. The maximum absolute atomic E-state index is 11.5. The third-order valence-electron chi connectivity index (χ3n) is 2.78. The zero-order valence-electron chi connectivity index (χ0n) is 11.0. The lowest BCUT2D eigenvalue weighted by molar-refractivity contribution is -0.130. The van der Waals surface area contributed by atoms with Gasteiger partial charge in [-0.05, 0) is 32.7 Å². The van der Waals surface area contributed by atoms with Gasteiger partial charge >= 0.3 is 0 Å². The Kier molecular flexibility index (Phi) is 5.41. The monoisotopic (exact) mass is 241 g/mol. The van der Waals surface area contributed by atoms with Crippen molar-refractivity contribution >= 4 is 11.8 Å². The van der Waals surface area contributed by atoms with Gasteiger partial charge in [-0.15, -0.1) is 0 Å². The van der Waals surface area contributed by atoms with Crippen molar-refractivity contribution in [2.75, 3.05) is 20.6 Å². The smallest absolute Gasteiger partial charge is 0.238 e. The second-order valence-corrected chi connectivity index (χ2v) is 4.85. The summed E-state index contributed by atoms with van der Waals surface area (Å²) in [5.41, 5.74) is 0. The summed E-state index contributed by atoms with van der Waals surface area (Å²) in [5.74, 6) is 0.188. The summed E-state index contributed by atoms with van der Waals surface area (Å²) in [6, 6.07) is 0.251. The van der Waals surface area contributed by atoms with Gasteiger partial charge in [0, 0.05) is 26.6 Å². The lowest BCUT2D eigenvalue weighted by Gasteiger charge is -2.17. The molecule has 1 aliphatic carbocycles. The first kappa shape index (κ1) is 14.0. The first-order valence-corrected chi connectivity index (χ1v) is 6.24. The van der Waals surface area contributed by atoms with Crippen molar-refractivity contribution in [2.24, 2.45) is 0 Å². The van der Waals surface area contributed by atoms with Crippen LogP contribution in [0.4, 0.5) is 0 Å². The molecule has 1 aliphatic rings. The second-order valence-electron chi connectivity index (χ2n) is 4.85. The summed E-state index contributed by atoms with van der Waals surface area (Å²) >= 11 is 0. The molecular weight excluding hydrogens is 218 g/mol. The Hall–Kier alpha value is -1.10. The van der Waals surface area contributed by atoms with E-state index in [4.69, 9.17) is 0 Å². The van der Waals surface area contributed by atoms with E-state index in [9.17, 15) is 9.59 Å². The molecule has 1 rings (SSSR count). The molecule has 5 nitrogen and oxygen atoms in total. The van der Waals surface area contributed by atoms with E-state index in [-0.39, 0.29) is 17.9 Å². The van der Waals surface area contributed by atoms with Gasteiger partial charge in [0.2, 0.25) is 11.8 Å². The topological polar surface area (TPSA) is 61.4 Å². The third-order valence-corrected chi connectivity index (χ3v) is 2.78. The Morgan fingerprint density at radius 3 is 2.53 bits per heavy atom. The zero-order chi connectivity index (χ0) is 12.8. The molecule has 0 heterocycles. The molecule has 1 atom stereocenters. The molecule has 0 radical (unpaired) electrons. The molecule has 0 spiro atoms. The van der Waals surface area contributed by atoms with Crippen molar-refractivity contribution in [3.63, 3.8) is 0 Å². The molecule has 0 aromatic rings. The molecule has 17 heavy (non-hydrogen) atoms. The Balaban J connectivity index is 2.02. The van der Waals surface area contributed by atoms with Crippen LogP contribution < -0.4 is 10.6 Å². The molecule has 1 saturated carbocycles. The van der Waals surface area contributed by atoms with E-state index in [1.807, 2.05) is 6.92 Å². The highest BCUT2D eigenvalue weighted by Crippen LogP contribution is 2.18. The van der Waals surface area contributed by atoms with E-state index in [0.717, 1.165) is 19.3 Å². The minimum absolute atomic E-state index is 0.0624. The van der Waals surface area contributed by atoms with Gasteiger partial charge in [-0.1, -0.05) is 0 Å². The van der Waals surface area contributed by atoms with Gasteiger partial charge in [-0.3, -0.25) is 9.59 Å². The lowest BCUT2D eigenvalue weighted by Crippen LogP contribution is -2.42. The number of hydrogen-bond donors (Lipinski definition) is 2. The lowest BCUT2D eigenvalue weighted by atomic mass is 10.2. The van der Waals surface area contributed by atoms with Gasteiger partial charge in [0.05, 0.1) is 6.04 Å². The molecule has 0 saturated heterocycles. The van der Waals surface area contributed by atoms with E-state index in [1.54, 1.807) is 19.0 Å². The fraction of sp³-hybridized carbons (Fsp3) is 0.833. The number of nitrogens with zero attached hydrogens (tertiary/aromatic N) is 1. The molecule has 0 aliphatic heterocycles. The fourth-order valence-electron chi connectivity index (χ4n) is 1.57. The number of nitrogens with one attached hydrogen (secondary N) is 2. The van der Waals surface area contributed by atoms with Crippen molar-refractivity contribution in [1.29, 1.82) is 0 Å². The van der Waals surface area contributed by atoms with Gasteiger partial charge in [0.25, 0.3) is 0 Å². The molecule has 1 unspecified atom stereocenters. The van der Waals surface area contributed by atoms with Crippen LogP contribution in [-0.4, -0.2) is 49.4 Å².